The van der Waals surface area contributed by atoms with Gasteiger partial charge in [-0.3, -0.25) is 0 Å². The number of hydrogen-bond donors (Lipinski definition) is 2. The van der Waals surface area contributed by atoms with E-state index in [9.17, 15) is 15.0 Å². The lowest BCUT2D eigenvalue weighted by atomic mass is 9.89. The Kier molecular flexibility index (Phi) is 4.97. The van der Waals surface area contributed by atoms with Crippen molar-refractivity contribution >= 4 is 22.3 Å². The predicted octanol–water partition coefficient (Wildman–Crippen LogP) is 1.28. The molecule has 1 aromatic carbocycles. The first-order valence-electron chi connectivity index (χ1n) is 9.86. The van der Waals surface area contributed by atoms with Crippen LogP contribution in [0.3, 0.4) is 0 Å². The summed E-state index contributed by atoms with van der Waals surface area (Å²) in [7, 11) is 5.24. The standard InChI is InChI=1S/C21H28N2O7/c1-10-22(4)14-12-8-7-11(9-13(12)29-19(26)15(14)23(10)5)28-20-17(25)16(24)18(27-6)21(2,3)30-20/h7-10,16-18,20,24-25H,1-6H3. The van der Waals surface area contributed by atoms with Crippen LogP contribution in [0.1, 0.15) is 20.8 Å². The van der Waals surface area contributed by atoms with Crippen LogP contribution < -0.4 is 20.2 Å². The van der Waals surface area contributed by atoms with E-state index in [2.05, 4.69) is 0 Å². The summed E-state index contributed by atoms with van der Waals surface area (Å²) in [5.74, 6) is 0.343. The number of aliphatic hydroxyl groups excluding tert-OH is 2. The van der Waals surface area contributed by atoms with Crippen molar-refractivity contribution in [2.24, 2.45) is 0 Å². The molecule has 2 aromatic rings. The number of aliphatic hydroxyl groups is 2. The van der Waals surface area contributed by atoms with Crippen molar-refractivity contribution in [3.63, 3.8) is 0 Å². The van der Waals surface area contributed by atoms with Crippen LogP contribution in [0.15, 0.2) is 27.4 Å². The van der Waals surface area contributed by atoms with E-state index in [0.717, 1.165) is 11.1 Å². The van der Waals surface area contributed by atoms with Crippen LogP contribution in [0.2, 0.25) is 0 Å². The van der Waals surface area contributed by atoms with Crippen LogP contribution in [0.4, 0.5) is 11.4 Å². The molecule has 2 N–H and O–H groups in total. The molecule has 1 fully saturated rings. The number of fused-ring (bicyclic) bond motifs is 3. The molecule has 0 radical (unpaired) electrons. The second-order valence-corrected chi connectivity index (χ2v) is 8.44. The fourth-order valence-corrected chi connectivity index (χ4v) is 4.37. The minimum absolute atomic E-state index is 0.0210. The van der Waals surface area contributed by atoms with Gasteiger partial charge in [0.2, 0.25) is 6.29 Å². The molecule has 5 unspecified atom stereocenters. The van der Waals surface area contributed by atoms with Crippen molar-refractivity contribution in [2.75, 3.05) is 31.0 Å². The number of benzene rings is 1. The Morgan fingerprint density at radius 1 is 1.10 bits per heavy atom. The summed E-state index contributed by atoms with van der Waals surface area (Å²) in [6, 6.07) is 5.12. The molecule has 0 amide bonds. The topological polar surface area (TPSA) is 105 Å². The third-order valence-corrected chi connectivity index (χ3v) is 6.21. The largest absolute Gasteiger partial charge is 0.462 e. The molecular weight excluding hydrogens is 392 g/mol. The van der Waals surface area contributed by atoms with Gasteiger partial charge in [-0.2, -0.15) is 0 Å². The summed E-state index contributed by atoms with van der Waals surface area (Å²) in [6.45, 7) is 5.51. The maximum Gasteiger partial charge on any atom is 0.362 e. The first-order chi connectivity index (χ1) is 14.1. The van der Waals surface area contributed by atoms with Crippen molar-refractivity contribution < 1.29 is 28.8 Å². The number of anilines is 2. The highest BCUT2D eigenvalue weighted by atomic mass is 16.7. The zero-order chi connectivity index (χ0) is 22.0. The molecule has 2 aliphatic rings. The molecule has 1 aromatic heterocycles. The highest BCUT2D eigenvalue weighted by Crippen LogP contribution is 2.41. The molecule has 2 aliphatic heterocycles. The molecule has 3 heterocycles. The van der Waals surface area contributed by atoms with E-state index in [1.54, 1.807) is 26.0 Å². The lowest BCUT2D eigenvalue weighted by Crippen LogP contribution is -2.63. The van der Waals surface area contributed by atoms with E-state index in [-0.39, 0.29) is 6.17 Å². The summed E-state index contributed by atoms with van der Waals surface area (Å²) < 4.78 is 22.5. The number of ether oxygens (including phenoxy) is 3. The van der Waals surface area contributed by atoms with Crippen molar-refractivity contribution in [1.29, 1.82) is 0 Å². The summed E-state index contributed by atoms with van der Waals surface area (Å²) in [6.07, 6.45) is -4.30. The van der Waals surface area contributed by atoms with Gasteiger partial charge in [-0.15, -0.1) is 0 Å². The Labute approximate surface area is 174 Å². The lowest BCUT2D eigenvalue weighted by molar-refractivity contribution is -0.305. The SMILES string of the molecule is COC1C(O)C(O)C(Oc2ccc3c4c(c(=O)oc3c2)N(C)C(C)N4C)OC1(C)C. The highest BCUT2D eigenvalue weighted by molar-refractivity contribution is 5.99. The molecule has 1 saturated heterocycles. The maximum atomic E-state index is 12.6. The summed E-state index contributed by atoms with van der Waals surface area (Å²) in [5, 5.41) is 21.6. The van der Waals surface area contributed by atoms with Crippen LogP contribution >= 0.6 is 0 Å². The fraction of sp³-hybridized carbons (Fsp3) is 0.571. The number of methoxy groups -OCH3 is 1. The zero-order valence-electron chi connectivity index (χ0n) is 17.9. The molecule has 9 heteroatoms. The molecule has 4 rings (SSSR count). The predicted molar refractivity (Wildman–Crippen MR) is 111 cm³/mol. The third-order valence-electron chi connectivity index (χ3n) is 6.21. The minimum Gasteiger partial charge on any atom is -0.462 e. The number of nitrogens with zero attached hydrogens (tertiary/aromatic N) is 2. The van der Waals surface area contributed by atoms with Crippen molar-refractivity contribution in [2.45, 2.75) is 57.1 Å². The Morgan fingerprint density at radius 2 is 1.77 bits per heavy atom. The van der Waals surface area contributed by atoms with Crippen LogP contribution in [-0.4, -0.2) is 67.8 Å². The van der Waals surface area contributed by atoms with Crippen LogP contribution in [-0.2, 0) is 9.47 Å². The Balaban J connectivity index is 1.68. The molecule has 30 heavy (non-hydrogen) atoms. The van der Waals surface area contributed by atoms with Gasteiger partial charge >= 0.3 is 5.63 Å². The van der Waals surface area contributed by atoms with E-state index in [4.69, 9.17) is 18.6 Å². The van der Waals surface area contributed by atoms with E-state index in [0.29, 0.717) is 17.0 Å². The quantitative estimate of drug-likeness (QED) is 0.711. The minimum atomic E-state index is -1.31. The third kappa shape index (κ3) is 3.04. The smallest absolute Gasteiger partial charge is 0.362 e. The first-order valence-corrected chi connectivity index (χ1v) is 9.86. The van der Waals surface area contributed by atoms with Crippen molar-refractivity contribution in [1.82, 2.24) is 0 Å². The van der Waals surface area contributed by atoms with Gasteiger partial charge in [0, 0.05) is 32.7 Å². The molecule has 9 nitrogen and oxygen atoms in total. The summed E-state index contributed by atoms with van der Waals surface area (Å²) in [4.78, 5) is 16.5. The highest BCUT2D eigenvalue weighted by Gasteiger charge is 2.50. The Hall–Kier alpha value is -2.33. The molecular formula is C21H28N2O7. The molecule has 0 spiro atoms. The first kappa shape index (κ1) is 20.9. The maximum absolute atomic E-state index is 12.6. The van der Waals surface area contributed by atoms with Crippen molar-refractivity contribution in [3.8, 4) is 5.75 Å². The van der Waals surface area contributed by atoms with E-state index in [1.165, 1.54) is 7.11 Å². The van der Waals surface area contributed by atoms with E-state index in [1.807, 2.05) is 36.9 Å². The number of hydrogen-bond acceptors (Lipinski definition) is 9. The van der Waals surface area contributed by atoms with Gasteiger partial charge in [-0.25, -0.2) is 4.79 Å². The molecule has 0 saturated carbocycles. The monoisotopic (exact) mass is 420 g/mol. The average molecular weight is 420 g/mol. The average Bonchev–Trinajstić information content (AvgIpc) is 2.91. The fourth-order valence-electron chi connectivity index (χ4n) is 4.37. The molecule has 5 atom stereocenters. The van der Waals surface area contributed by atoms with Crippen LogP contribution in [0.5, 0.6) is 5.75 Å². The van der Waals surface area contributed by atoms with Gasteiger partial charge in [-0.05, 0) is 32.9 Å². The van der Waals surface area contributed by atoms with Gasteiger partial charge in [0.1, 0.15) is 35.3 Å². The van der Waals surface area contributed by atoms with Gasteiger partial charge in [-0.1, -0.05) is 0 Å². The van der Waals surface area contributed by atoms with Gasteiger partial charge in [0.05, 0.1) is 17.5 Å². The van der Waals surface area contributed by atoms with E-state index < -0.39 is 35.8 Å². The molecule has 0 aliphatic carbocycles. The van der Waals surface area contributed by atoms with Crippen molar-refractivity contribution in [3.05, 3.63) is 28.6 Å². The second kappa shape index (κ2) is 7.12. The Morgan fingerprint density at radius 3 is 2.43 bits per heavy atom. The molecule has 0 bridgehead atoms. The summed E-state index contributed by atoms with van der Waals surface area (Å²) in [5.41, 5.74) is 0.377. The van der Waals surface area contributed by atoms with Gasteiger partial charge < -0.3 is 38.6 Å². The van der Waals surface area contributed by atoms with Crippen LogP contribution in [0.25, 0.3) is 11.0 Å². The summed E-state index contributed by atoms with van der Waals surface area (Å²) >= 11 is 0. The Bertz CT molecular complexity index is 1020. The van der Waals surface area contributed by atoms with Crippen LogP contribution in [0, 0.1) is 0 Å². The zero-order valence-corrected chi connectivity index (χ0v) is 17.9. The second-order valence-electron chi connectivity index (χ2n) is 8.44. The normalized spacial score (nSPS) is 30.6. The van der Waals surface area contributed by atoms with Gasteiger partial charge in [0.25, 0.3) is 0 Å². The van der Waals surface area contributed by atoms with E-state index >= 15 is 0 Å². The lowest BCUT2D eigenvalue weighted by Gasteiger charge is -2.46. The number of rotatable bonds is 3. The van der Waals surface area contributed by atoms with Gasteiger partial charge in [0.15, 0.2) is 0 Å². The molecule has 164 valence electrons.